The second-order valence-corrected chi connectivity index (χ2v) is 6.46. The van der Waals surface area contributed by atoms with Gasteiger partial charge in [0.15, 0.2) is 6.61 Å². The summed E-state index contributed by atoms with van der Waals surface area (Å²) in [5.41, 5.74) is 7.84. The fraction of sp³-hybridized carbons (Fsp3) is 0.125. The van der Waals surface area contributed by atoms with Crippen molar-refractivity contribution in [3.63, 3.8) is 0 Å². The SMILES string of the molecule is CCc1ccccc1OCC(=O)NNC(=O)c1ccccc1-c1ccccc1C#N. The van der Waals surface area contributed by atoms with E-state index in [0.29, 0.717) is 28.0 Å². The quantitative estimate of drug-likeness (QED) is 0.619. The van der Waals surface area contributed by atoms with Gasteiger partial charge >= 0.3 is 0 Å². The molecule has 6 nitrogen and oxygen atoms in total. The van der Waals surface area contributed by atoms with Gasteiger partial charge in [-0.2, -0.15) is 5.26 Å². The molecule has 0 saturated carbocycles. The number of para-hydroxylation sites is 1. The van der Waals surface area contributed by atoms with Gasteiger partial charge in [0.25, 0.3) is 11.8 Å². The molecule has 150 valence electrons. The summed E-state index contributed by atoms with van der Waals surface area (Å²) in [7, 11) is 0. The van der Waals surface area contributed by atoms with Gasteiger partial charge in [-0.05, 0) is 35.7 Å². The zero-order valence-electron chi connectivity index (χ0n) is 16.5. The van der Waals surface area contributed by atoms with Gasteiger partial charge in [0.05, 0.1) is 11.6 Å². The average molecular weight is 399 g/mol. The van der Waals surface area contributed by atoms with E-state index in [-0.39, 0.29) is 6.61 Å². The Morgan fingerprint density at radius 2 is 1.57 bits per heavy atom. The van der Waals surface area contributed by atoms with Crippen LogP contribution in [0.5, 0.6) is 5.75 Å². The average Bonchev–Trinajstić information content (AvgIpc) is 2.81. The number of hydrogen-bond donors (Lipinski definition) is 2. The maximum absolute atomic E-state index is 12.7. The standard InChI is InChI=1S/C24H21N3O3/c1-2-17-9-4-8-14-22(17)30-16-23(28)26-27-24(29)21-13-7-6-12-20(21)19-11-5-3-10-18(19)15-25/h3-14H,2,16H2,1H3,(H,26,28)(H,27,29). The smallest absolute Gasteiger partial charge is 0.276 e. The Kier molecular flexibility index (Phi) is 6.80. The monoisotopic (exact) mass is 399 g/mol. The Bertz CT molecular complexity index is 1100. The fourth-order valence-electron chi connectivity index (χ4n) is 3.04. The molecule has 0 spiro atoms. The van der Waals surface area contributed by atoms with Crippen molar-refractivity contribution in [2.24, 2.45) is 0 Å². The number of hydrazine groups is 1. The van der Waals surface area contributed by atoms with Crippen LogP contribution in [0.15, 0.2) is 72.8 Å². The van der Waals surface area contributed by atoms with E-state index in [2.05, 4.69) is 16.9 Å². The Morgan fingerprint density at radius 3 is 2.33 bits per heavy atom. The van der Waals surface area contributed by atoms with Gasteiger partial charge in [-0.3, -0.25) is 20.4 Å². The number of nitriles is 1. The number of aryl methyl sites for hydroxylation is 1. The maximum atomic E-state index is 12.7. The molecule has 0 aliphatic heterocycles. The largest absolute Gasteiger partial charge is 0.483 e. The first-order valence-electron chi connectivity index (χ1n) is 9.52. The van der Waals surface area contributed by atoms with E-state index in [0.717, 1.165) is 12.0 Å². The van der Waals surface area contributed by atoms with E-state index in [4.69, 9.17) is 4.74 Å². The fourth-order valence-corrected chi connectivity index (χ4v) is 3.04. The molecule has 0 fully saturated rings. The van der Waals surface area contributed by atoms with Crippen molar-refractivity contribution in [2.45, 2.75) is 13.3 Å². The predicted octanol–water partition coefficient (Wildman–Crippen LogP) is 3.63. The second-order valence-electron chi connectivity index (χ2n) is 6.46. The third-order valence-electron chi connectivity index (χ3n) is 4.54. The molecule has 0 aliphatic carbocycles. The highest BCUT2D eigenvalue weighted by Crippen LogP contribution is 2.26. The first-order chi connectivity index (χ1) is 14.6. The molecule has 0 atom stereocenters. The number of ether oxygens (including phenoxy) is 1. The molecule has 30 heavy (non-hydrogen) atoms. The van der Waals surface area contributed by atoms with Gasteiger partial charge in [-0.15, -0.1) is 0 Å². The lowest BCUT2D eigenvalue weighted by Gasteiger charge is -2.13. The summed E-state index contributed by atoms with van der Waals surface area (Å²) < 4.78 is 5.55. The molecule has 0 saturated heterocycles. The first-order valence-corrected chi connectivity index (χ1v) is 9.52. The third-order valence-corrected chi connectivity index (χ3v) is 4.54. The number of carbonyl (C=O) groups excluding carboxylic acids is 2. The summed E-state index contributed by atoms with van der Waals surface area (Å²) in [6, 6.07) is 23.6. The van der Waals surface area contributed by atoms with Crippen LogP contribution >= 0.6 is 0 Å². The molecular weight excluding hydrogens is 378 g/mol. The van der Waals surface area contributed by atoms with Gasteiger partial charge in [0, 0.05) is 11.1 Å². The molecule has 0 aliphatic rings. The molecule has 3 aromatic rings. The topological polar surface area (TPSA) is 91.2 Å². The van der Waals surface area contributed by atoms with Gasteiger partial charge in [0.1, 0.15) is 5.75 Å². The lowest BCUT2D eigenvalue weighted by molar-refractivity contribution is -0.123. The number of benzene rings is 3. The summed E-state index contributed by atoms with van der Waals surface area (Å²) in [5.74, 6) is -0.329. The molecule has 0 aromatic heterocycles. The van der Waals surface area contributed by atoms with Crippen LogP contribution in [0.25, 0.3) is 11.1 Å². The maximum Gasteiger partial charge on any atom is 0.276 e. The number of rotatable bonds is 6. The Morgan fingerprint density at radius 1 is 0.900 bits per heavy atom. The highest BCUT2D eigenvalue weighted by molar-refractivity contribution is 6.02. The van der Waals surface area contributed by atoms with Gasteiger partial charge < -0.3 is 4.74 Å². The summed E-state index contributed by atoms with van der Waals surface area (Å²) >= 11 is 0. The summed E-state index contributed by atoms with van der Waals surface area (Å²) in [6.45, 7) is 1.78. The van der Waals surface area contributed by atoms with Crippen LogP contribution in [-0.4, -0.2) is 18.4 Å². The highest BCUT2D eigenvalue weighted by Gasteiger charge is 2.15. The van der Waals surface area contributed by atoms with Crippen molar-refractivity contribution in [1.82, 2.24) is 10.9 Å². The lowest BCUT2D eigenvalue weighted by Crippen LogP contribution is -2.44. The van der Waals surface area contributed by atoms with Crippen molar-refractivity contribution in [3.05, 3.63) is 89.5 Å². The van der Waals surface area contributed by atoms with E-state index in [1.54, 1.807) is 54.6 Å². The summed E-state index contributed by atoms with van der Waals surface area (Å²) in [5, 5.41) is 9.35. The number of amides is 2. The van der Waals surface area contributed by atoms with Gasteiger partial charge in [-0.1, -0.05) is 61.5 Å². The zero-order valence-corrected chi connectivity index (χ0v) is 16.5. The number of carbonyl (C=O) groups is 2. The number of nitrogens with zero attached hydrogens (tertiary/aromatic N) is 1. The molecule has 6 heteroatoms. The molecule has 0 bridgehead atoms. The van der Waals surface area contributed by atoms with Crippen LogP contribution in [0.3, 0.4) is 0 Å². The first kappa shape index (κ1) is 20.6. The van der Waals surface area contributed by atoms with Crippen LogP contribution in [-0.2, 0) is 11.2 Å². The van der Waals surface area contributed by atoms with Crippen LogP contribution in [0.1, 0.15) is 28.4 Å². The van der Waals surface area contributed by atoms with E-state index < -0.39 is 11.8 Å². The van der Waals surface area contributed by atoms with Crippen LogP contribution < -0.4 is 15.6 Å². The molecule has 2 N–H and O–H groups in total. The van der Waals surface area contributed by atoms with Crippen LogP contribution in [0, 0.1) is 11.3 Å². The minimum atomic E-state index is -0.486. The molecule has 0 radical (unpaired) electrons. The number of nitrogens with one attached hydrogen (secondary N) is 2. The molecule has 3 aromatic carbocycles. The Hall–Kier alpha value is -4.11. The second kappa shape index (κ2) is 9.89. The van der Waals surface area contributed by atoms with Crippen molar-refractivity contribution >= 4 is 11.8 Å². The highest BCUT2D eigenvalue weighted by atomic mass is 16.5. The Balaban J connectivity index is 1.66. The van der Waals surface area contributed by atoms with Crippen molar-refractivity contribution in [2.75, 3.05) is 6.61 Å². The number of hydrogen-bond acceptors (Lipinski definition) is 4. The van der Waals surface area contributed by atoms with E-state index in [9.17, 15) is 14.9 Å². The summed E-state index contributed by atoms with van der Waals surface area (Å²) in [6.07, 6.45) is 0.787. The lowest BCUT2D eigenvalue weighted by atomic mass is 9.95. The molecular formula is C24H21N3O3. The van der Waals surface area contributed by atoms with Crippen molar-refractivity contribution in [3.8, 4) is 22.9 Å². The predicted molar refractivity (Wildman–Crippen MR) is 114 cm³/mol. The van der Waals surface area contributed by atoms with E-state index in [1.807, 2.05) is 25.1 Å². The Labute approximate surface area is 175 Å². The normalized spacial score (nSPS) is 10.0. The minimum absolute atomic E-state index is 0.226. The van der Waals surface area contributed by atoms with Crippen molar-refractivity contribution in [1.29, 1.82) is 5.26 Å². The van der Waals surface area contributed by atoms with E-state index >= 15 is 0 Å². The van der Waals surface area contributed by atoms with Crippen LogP contribution in [0.4, 0.5) is 0 Å². The molecule has 0 unspecified atom stereocenters. The molecule has 2 amide bonds. The zero-order chi connectivity index (χ0) is 21.3. The van der Waals surface area contributed by atoms with Gasteiger partial charge in [-0.25, -0.2) is 0 Å². The third kappa shape index (κ3) is 4.83. The van der Waals surface area contributed by atoms with E-state index in [1.165, 1.54) is 0 Å². The molecule has 3 rings (SSSR count). The van der Waals surface area contributed by atoms with Crippen LogP contribution in [0.2, 0.25) is 0 Å². The van der Waals surface area contributed by atoms with Crippen molar-refractivity contribution < 1.29 is 14.3 Å². The van der Waals surface area contributed by atoms with Gasteiger partial charge in [0.2, 0.25) is 0 Å². The minimum Gasteiger partial charge on any atom is -0.483 e. The molecule has 0 heterocycles. The summed E-state index contributed by atoms with van der Waals surface area (Å²) in [4.78, 5) is 24.8.